The van der Waals surface area contributed by atoms with Crippen LogP contribution in [0.2, 0.25) is 0 Å². The van der Waals surface area contributed by atoms with Gasteiger partial charge in [-0.25, -0.2) is 22.2 Å². The van der Waals surface area contributed by atoms with Crippen LogP contribution in [-0.4, -0.2) is 48.1 Å². The van der Waals surface area contributed by atoms with E-state index in [-0.39, 0.29) is 17.8 Å². The molecule has 0 spiro atoms. The Morgan fingerprint density at radius 3 is 2.56 bits per heavy atom. The Hall–Kier alpha value is -2.56. The van der Waals surface area contributed by atoms with Crippen molar-refractivity contribution in [1.29, 1.82) is 0 Å². The molecule has 1 aromatic carbocycles. The summed E-state index contributed by atoms with van der Waals surface area (Å²) < 4.78 is 43.1. The molecule has 0 atom stereocenters. The molecule has 0 radical (unpaired) electrons. The first-order valence-corrected chi connectivity index (χ1v) is 13.0. The molecular weight excluding hydrogens is 451 g/mol. The minimum atomic E-state index is -3.52. The Balaban J connectivity index is 1.30. The Morgan fingerprint density at radius 2 is 1.88 bits per heavy atom. The van der Waals surface area contributed by atoms with Gasteiger partial charge in [0.1, 0.15) is 10.0 Å². The summed E-state index contributed by atoms with van der Waals surface area (Å²) in [4.78, 5) is 15.0. The monoisotopic (exact) mass is 474 g/mol. The summed E-state index contributed by atoms with van der Waals surface area (Å²) in [6, 6.07) is 9.21. The van der Waals surface area contributed by atoms with Crippen molar-refractivity contribution < 1.29 is 17.6 Å². The lowest BCUT2D eigenvalue weighted by atomic mass is 10.1. The van der Waals surface area contributed by atoms with Gasteiger partial charge in [0.05, 0.1) is 5.69 Å². The van der Waals surface area contributed by atoms with Crippen LogP contribution in [-0.2, 0) is 22.9 Å². The van der Waals surface area contributed by atoms with E-state index in [2.05, 4.69) is 9.82 Å². The van der Waals surface area contributed by atoms with E-state index in [1.807, 2.05) is 0 Å². The zero-order valence-electron chi connectivity index (χ0n) is 17.3. The van der Waals surface area contributed by atoms with Crippen LogP contribution in [0.25, 0.3) is 5.69 Å². The molecule has 1 aliphatic heterocycles. The number of rotatable bonds is 5. The summed E-state index contributed by atoms with van der Waals surface area (Å²) in [6.07, 6.45) is 3.70. The van der Waals surface area contributed by atoms with Crippen LogP contribution in [0.5, 0.6) is 0 Å². The van der Waals surface area contributed by atoms with Gasteiger partial charge < -0.3 is 4.90 Å². The zero-order chi connectivity index (χ0) is 22.3. The second-order valence-corrected chi connectivity index (χ2v) is 11.0. The lowest BCUT2D eigenvalue weighted by Crippen LogP contribution is -2.46. The number of amides is 1. The van der Waals surface area contributed by atoms with Crippen LogP contribution in [0.15, 0.2) is 46.0 Å². The van der Waals surface area contributed by atoms with Crippen LogP contribution in [0.4, 0.5) is 4.39 Å². The van der Waals surface area contributed by atoms with Gasteiger partial charge in [-0.2, -0.15) is 5.10 Å². The molecule has 3 aromatic rings. The van der Waals surface area contributed by atoms with Gasteiger partial charge in [0.15, 0.2) is 5.69 Å². The molecule has 1 aliphatic carbocycles. The number of nitrogens with zero attached hydrogens (tertiary/aromatic N) is 3. The van der Waals surface area contributed by atoms with Crippen molar-refractivity contribution in [3.63, 3.8) is 0 Å². The standard InChI is InChI=1S/C22H23FN4O3S2/c23-15-6-8-17(9-7-15)27-19-4-1-3-18(19)21(24-27)22(28)26-12-10-16(11-13-26)25-32(29,30)20-5-2-14-31-20/h2,5-9,14,16,25H,1,3-4,10-13H2. The van der Waals surface area contributed by atoms with Gasteiger partial charge in [-0.3, -0.25) is 4.79 Å². The smallest absolute Gasteiger partial charge is 0.274 e. The highest BCUT2D eigenvalue weighted by atomic mass is 32.2. The molecule has 0 unspecified atom stereocenters. The van der Waals surface area contributed by atoms with E-state index < -0.39 is 10.0 Å². The Labute approximate surface area is 189 Å². The molecule has 5 rings (SSSR count). The van der Waals surface area contributed by atoms with E-state index in [0.717, 1.165) is 36.2 Å². The fraction of sp³-hybridized carbons (Fsp3) is 0.364. The maximum Gasteiger partial charge on any atom is 0.274 e. The van der Waals surface area contributed by atoms with E-state index in [0.29, 0.717) is 35.8 Å². The van der Waals surface area contributed by atoms with Gasteiger partial charge >= 0.3 is 0 Å². The highest BCUT2D eigenvalue weighted by Crippen LogP contribution is 2.29. The first kappa shape index (κ1) is 21.3. The first-order valence-electron chi connectivity index (χ1n) is 10.6. The number of carbonyl (C=O) groups excluding carboxylic acids is 1. The fourth-order valence-corrected chi connectivity index (χ4v) is 6.76. The number of carbonyl (C=O) groups is 1. The average Bonchev–Trinajstić information content (AvgIpc) is 3.53. The summed E-state index contributed by atoms with van der Waals surface area (Å²) in [5.41, 5.74) is 3.18. The van der Waals surface area contributed by atoms with E-state index in [4.69, 9.17) is 0 Å². The minimum absolute atomic E-state index is 0.122. The van der Waals surface area contributed by atoms with Gasteiger partial charge in [-0.1, -0.05) is 6.07 Å². The van der Waals surface area contributed by atoms with E-state index in [1.54, 1.807) is 39.2 Å². The third-order valence-corrected chi connectivity index (χ3v) is 8.99. The van der Waals surface area contributed by atoms with Gasteiger partial charge in [-0.15, -0.1) is 11.3 Å². The highest BCUT2D eigenvalue weighted by molar-refractivity contribution is 7.91. The molecule has 1 N–H and O–H groups in total. The number of aromatic nitrogens is 2. The predicted molar refractivity (Wildman–Crippen MR) is 119 cm³/mol. The van der Waals surface area contributed by atoms with Crippen molar-refractivity contribution in [3.05, 3.63) is 64.5 Å². The quantitative estimate of drug-likeness (QED) is 0.616. The number of piperidine rings is 1. The van der Waals surface area contributed by atoms with Gasteiger partial charge in [0.2, 0.25) is 10.0 Å². The van der Waals surface area contributed by atoms with Crippen LogP contribution >= 0.6 is 11.3 Å². The van der Waals surface area contributed by atoms with E-state index in [9.17, 15) is 17.6 Å². The molecule has 32 heavy (non-hydrogen) atoms. The summed E-state index contributed by atoms with van der Waals surface area (Å²) in [5, 5.41) is 6.35. The average molecular weight is 475 g/mol. The number of fused-ring (bicyclic) bond motifs is 1. The van der Waals surface area contributed by atoms with E-state index >= 15 is 0 Å². The van der Waals surface area contributed by atoms with Crippen molar-refractivity contribution in [2.24, 2.45) is 0 Å². The summed E-state index contributed by atoms with van der Waals surface area (Å²) in [7, 11) is -3.52. The molecule has 10 heteroatoms. The molecule has 1 amide bonds. The van der Waals surface area contributed by atoms with Gasteiger partial charge in [0.25, 0.3) is 5.91 Å². The zero-order valence-corrected chi connectivity index (χ0v) is 19.0. The number of hydrogen-bond donors (Lipinski definition) is 1. The molecule has 7 nitrogen and oxygen atoms in total. The first-order chi connectivity index (χ1) is 15.4. The molecule has 2 aliphatic rings. The third kappa shape index (κ3) is 3.98. The summed E-state index contributed by atoms with van der Waals surface area (Å²) in [5.74, 6) is -0.435. The number of hydrogen-bond acceptors (Lipinski definition) is 5. The van der Waals surface area contributed by atoms with Crippen molar-refractivity contribution in [2.75, 3.05) is 13.1 Å². The third-order valence-electron chi connectivity index (χ3n) is 6.07. The Bertz CT molecular complexity index is 1230. The van der Waals surface area contributed by atoms with Crippen LogP contribution in [0.1, 0.15) is 41.0 Å². The fourth-order valence-electron chi connectivity index (χ4n) is 4.45. The van der Waals surface area contributed by atoms with Gasteiger partial charge in [-0.05, 0) is 67.8 Å². The predicted octanol–water partition coefficient (Wildman–Crippen LogP) is 3.14. The number of likely N-dealkylation sites (tertiary alicyclic amines) is 1. The normalized spacial score (nSPS) is 17.0. The molecule has 0 bridgehead atoms. The molecular formula is C22H23FN4O3S2. The van der Waals surface area contributed by atoms with Crippen molar-refractivity contribution in [1.82, 2.24) is 19.4 Å². The Kier molecular flexibility index (Phi) is 5.60. The molecule has 3 heterocycles. The lowest BCUT2D eigenvalue weighted by molar-refractivity contribution is 0.0704. The summed E-state index contributed by atoms with van der Waals surface area (Å²) in [6.45, 7) is 0.934. The van der Waals surface area contributed by atoms with Crippen LogP contribution in [0, 0.1) is 5.82 Å². The second kappa shape index (κ2) is 8.42. The van der Waals surface area contributed by atoms with Gasteiger partial charge in [0, 0.05) is 30.4 Å². The maximum atomic E-state index is 13.3. The number of thiophene rings is 1. The number of nitrogens with one attached hydrogen (secondary N) is 1. The molecule has 1 saturated heterocycles. The van der Waals surface area contributed by atoms with Crippen LogP contribution < -0.4 is 4.72 Å². The lowest BCUT2D eigenvalue weighted by Gasteiger charge is -2.31. The van der Waals surface area contributed by atoms with E-state index in [1.165, 1.54) is 23.5 Å². The number of sulfonamides is 1. The SMILES string of the molecule is O=C(c1nn(-c2ccc(F)cc2)c2c1CCC2)N1CCC(NS(=O)(=O)c2cccs2)CC1. The minimum Gasteiger partial charge on any atom is -0.337 e. The molecule has 1 fully saturated rings. The van der Waals surface area contributed by atoms with Crippen molar-refractivity contribution >= 4 is 27.3 Å². The molecule has 2 aromatic heterocycles. The largest absolute Gasteiger partial charge is 0.337 e. The summed E-state index contributed by atoms with van der Waals surface area (Å²) >= 11 is 1.19. The topological polar surface area (TPSA) is 84.3 Å². The highest BCUT2D eigenvalue weighted by Gasteiger charge is 2.32. The second-order valence-electron chi connectivity index (χ2n) is 8.14. The van der Waals surface area contributed by atoms with Crippen molar-refractivity contribution in [3.8, 4) is 5.69 Å². The maximum absolute atomic E-state index is 13.3. The number of benzene rings is 1. The molecule has 0 saturated carbocycles. The van der Waals surface area contributed by atoms with Crippen LogP contribution in [0.3, 0.4) is 0 Å². The van der Waals surface area contributed by atoms with Crippen molar-refractivity contribution in [2.45, 2.75) is 42.4 Å². The Morgan fingerprint density at radius 1 is 1.12 bits per heavy atom. The molecule has 168 valence electrons. The number of halogens is 1.